The molecule has 4 rings (SSSR count). The van der Waals surface area contributed by atoms with Crippen molar-refractivity contribution in [2.24, 2.45) is 45.8 Å². The molecule has 0 aromatic heterocycles. The van der Waals surface area contributed by atoms with Crippen LogP contribution in [0.2, 0.25) is 0 Å². The third-order valence-corrected chi connectivity index (χ3v) is 8.57. The lowest BCUT2D eigenvalue weighted by atomic mass is 9.43. The highest BCUT2D eigenvalue weighted by molar-refractivity contribution is 5.91. The molecule has 7 atom stereocenters. The predicted octanol–water partition coefficient (Wildman–Crippen LogP) is 2.99. The first-order valence-electron chi connectivity index (χ1n) is 9.74. The van der Waals surface area contributed by atoms with Gasteiger partial charge in [-0.3, -0.25) is 4.79 Å². The van der Waals surface area contributed by atoms with Gasteiger partial charge >= 0.3 is 5.97 Å². The van der Waals surface area contributed by atoms with E-state index in [1.165, 1.54) is 7.11 Å². The maximum absolute atomic E-state index is 13.4. The Balaban J connectivity index is 2.03. The summed E-state index contributed by atoms with van der Waals surface area (Å²) in [7, 11) is 1.43. The van der Waals surface area contributed by atoms with Crippen molar-refractivity contribution >= 4 is 12.3 Å². The molecular formula is C21H30O4. The monoisotopic (exact) mass is 346 g/mol. The first kappa shape index (κ1) is 17.3. The maximum atomic E-state index is 13.4. The molecule has 0 amide bonds. The van der Waals surface area contributed by atoms with E-state index in [1.807, 2.05) is 0 Å². The van der Waals surface area contributed by atoms with Gasteiger partial charge in [0.05, 0.1) is 19.1 Å². The summed E-state index contributed by atoms with van der Waals surface area (Å²) in [5, 5.41) is 10.6. The summed E-state index contributed by atoms with van der Waals surface area (Å²) in [5.41, 5.74) is -1.22. The molecule has 4 aliphatic carbocycles. The Morgan fingerprint density at radius 3 is 2.68 bits per heavy atom. The van der Waals surface area contributed by atoms with Gasteiger partial charge in [-0.2, -0.15) is 0 Å². The third-order valence-electron chi connectivity index (χ3n) is 8.57. The molecule has 3 fully saturated rings. The van der Waals surface area contributed by atoms with Crippen LogP contribution in [0.25, 0.3) is 0 Å². The Hall–Kier alpha value is -1.16. The number of ether oxygens (including phenoxy) is 1. The second-order valence-corrected chi connectivity index (χ2v) is 9.33. The van der Waals surface area contributed by atoms with Crippen molar-refractivity contribution in [2.45, 2.75) is 46.5 Å². The van der Waals surface area contributed by atoms with Crippen molar-refractivity contribution in [3.8, 4) is 0 Å². The maximum Gasteiger partial charge on any atom is 0.317 e. The minimum Gasteiger partial charge on any atom is -0.468 e. The van der Waals surface area contributed by atoms with Gasteiger partial charge in [0.1, 0.15) is 11.7 Å². The Morgan fingerprint density at radius 1 is 1.40 bits per heavy atom. The number of rotatable bonds is 4. The topological polar surface area (TPSA) is 63.6 Å². The summed E-state index contributed by atoms with van der Waals surface area (Å²) >= 11 is 0. The highest BCUT2D eigenvalue weighted by Gasteiger charge is 2.84. The van der Waals surface area contributed by atoms with Crippen LogP contribution < -0.4 is 0 Å². The molecule has 4 aliphatic rings. The van der Waals surface area contributed by atoms with Gasteiger partial charge < -0.3 is 14.6 Å². The van der Waals surface area contributed by atoms with E-state index in [4.69, 9.17) is 4.74 Å². The first-order valence-corrected chi connectivity index (χ1v) is 9.74. The zero-order valence-corrected chi connectivity index (χ0v) is 15.7. The van der Waals surface area contributed by atoms with Crippen LogP contribution in [0.15, 0.2) is 11.6 Å². The number of esters is 1. The molecular weight excluding hydrogens is 316 g/mol. The van der Waals surface area contributed by atoms with Gasteiger partial charge in [-0.15, -0.1) is 0 Å². The van der Waals surface area contributed by atoms with Crippen molar-refractivity contribution in [3.05, 3.63) is 11.6 Å². The van der Waals surface area contributed by atoms with E-state index in [9.17, 15) is 14.7 Å². The van der Waals surface area contributed by atoms with E-state index in [-0.39, 0.29) is 30.3 Å². The Morgan fingerprint density at radius 2 is 2.12 bits per heavy atom. The smallest absolute Gasteiger partial charge is 0.317 e. The molecule has 0 radical (unpaired) electrons. The average molecular weight is 346 g/mol. The second-order valence-electron chi connectivity index (χ2n) is 9.33. The van der Waals surface area contributed by atoms with E-state index >= 15 is 0 Å². The van der Waals surface area contributed by atoms with Crippen LogP contribution in [-0.4, -0.2) is 31.1 Å². The van der Waals surface area contributed by atoms with Crippen molar-refractivity contribution in [1.29, 1.82) is 0 Å². The van der Waals surface area contributed by atoms with E-state index in [0.29, 0.717) is 18.3 Å². The quantitative estimate of drug-likeness (QED) is 0.483. The van der Waals surface area contributed by atoms with E-state index in [2.05, 4.69) is 26.8 Å². The molecule has 0 heterocycles. The normalized spacial score (nSPS) is 49.9. The predicted molar refractivity (Wildman–Crippen MR) is 93.5 cm³/mol. The lowest BCUT2D eigenvalue weighted by molar-refractivity contribution is -0.187. The highest BCUT2D eigenvalue weighted by Crippen LogP contribution is 2.82. The summed E-state index contributed by atoms with van der Waals surface area (Å²) in [6, 6.07) is 0. The van der Waals surface area contributed by atoms with Crippen LogP contribution in [0.4, 0.5) is 0 Å². The standard InChI is InChI=1S/C21H30O4/c1-12(2)17-7-14-8-20(11-23)16-6-5-13(3)15(16)9-19(14,10-22)21(17,20)18(24)25-4/h7,11-16,22H,5-6,8-10H2,1-4H3/t13-,14-,15-,16-,19+,20+,21-/m1/s1. The van der Waals surface area contributed by atoms with Crippen LogP contribution in [0.5, 0.6) is 0 Å². The van der Waals surface area contributed by atoms with Crippen LogP contribution in [-0.2, 0) is 14.3 Å². The number of fused-ring (bicyclic) bond motifs is 2. The summed E-state index contributed by atoms with van der Waals surface area (Å²) in [5.74, 6) is 1.14. The van der Waals surface area contributed by atoms with Gasteiger partial charge in [0, 0.05) is 5.41 Å². The number of methoxy groups -OCH3 is 1. The lowest BCUT2D eigenvalue weighted by Gasteiger charge is -2.58. The molecule has 0 aromatic rings. The van der Waals surface area contributed by atoms with Crippen LogP contribution >= 0.6 is 0 Å². The molecule has 4 bridgehead atoms. The number of aliphatic hydroxyl groups is 1. The largest absolute Gasteiger partial charge is 0.468 e. The van der Waals surface area contributed by atoms with Gasteiger partial charge in [-0.05, 0) is 48.9 Å². The lowest BCUT2D eigenvalue weighted by Crippen LogP contribution is -2.63. The SMILES string of the molecule is COC(=O)[C@@]12C(C(C)C)=C[C@@H]3C[C@]1(C=O)[C@@H]1CC[C@@H](C)[C@H]1C[C@]32CO. The molecule has 3 saturated carbocycles. The summed E-state index contributed by atoms with van der Waals surface area (Å²) in [6.45, 7) is 6.39. The molecule has 0 aromatic carbocycles. The molecule has 0 unspecified atom stereocenters. The van der Waals surface area contributed by atoms with Crippen molar-refractivity contribution in [2.75, 3.05) is 13.7 Å². The van der Waals surface area contributed by atoms with Crippen LogP contribution in [0.3, 0.4) is 0 Å². The van der Waals surface area contributed by atoms with Crippen molar-refractivity contribution in [1.82, 2.24) is 0 Å². The molecule has 138 valence electrons. The second kappa shape index (κ2) is 5.18. The Labute approximate surface area is 150 Å². The third kappa shape index (κ3) is 1.56. The van der Waals surface area contributed by atoms with Crippen LogP contribution in [0, 0.1) is 45.8 Å². The Bertz CT molecular complexity index is 652. The fraction of sp³-hybridized carbons (Fsp3) is 0.810. The van der Waals surface area contributed by atoms with Crippen molar-refractivity contribution in [3.63, 3.8) is 0 Å². The number of allylic oxidation sites excluding steroid dienone is 1. The van der Waals surface area contributed by atoms with Gasteiger partial charge in [-0.25, -0.2) is 0 Å². The van der Waals surface area contributed by atoms with E-state index < -0.39 is 16.2 Å². The van der Waals surface area contributed by atoms with Gasteiger partial charge in [0.15, 0.2) is 0 Å². The number of aldehydes is 1. The van der Waals surface area contributed by atoms with Gasteiger partial charge in [-0.1, -0.05) is 38.8 Å². The molecule has 1 N–H and O–H groups in total. The number of aliphatic hydroxyl groups excluding tert-OH is 1. The fourth-order valence-electron chi connectivity index (χ4n) is 7.79. The number of hydrogen-bond acceptors (Lipinski definition) is 4. The summed E-state index contributed by atoms with van der Waals surface area (Å²) in [6.07, 6.45) is 6.94. The zero-order valence-electron chi connectivity index (χ0n) is 15.7. The summed E-state index contributed by atoms with van der Waals surface area (Å²) in [4.78, 5) is 26.1. The minimum atomic E-state index is -0.977. The van der Waals surface area contributed by atoms with Gasteiger partial charge in [0.2, 0.25) is 0 Å². The zero-order chi connectivity index (χ0) is 18.2. The molecule has 4 nitrogen and oxygen atoms in total. The minimum absolute atomic E-state index is 0.0506. The number of carbonyl (C=O) groups is 2. The molecule has 0 aliphatic heterocycles. The molecule has 25 heavy (non-hydrogen) atoms. The highest BCUT2D eigenvalue weighted by atomic mass is 16.5. The summed E-state index contributed by atoms with van der Waals surface area (Å²) < 4.78 is 5.35. The number of carbonyl (C=O) groups excluding carboxylic acids is 2. The van der Waals surface area contributed by atoms with Gasteiger partial charge in [0.25, 0.3) is 0 Å². The fourth-order valence-corrected chi connectivity index (χ4v) is 7.79. The average Bonchev–Trinajstić information content (AvgIpc) is 3.17. The van der Waals surface area contributed by atoms with E-state index in [1.54, 1.807) is 0 Å². The molecule has 4 heteroatoms. The van der Waals surface area contributed by atoms with E-state index in [0.717, 1.165) is 31.1 Å². The first-order chi connectivity index (χ1) is 11.9. The molecule has 0 saturated heterocycles. The molecule has 0 spiro atoms. The van der Waals surface area contributed by atoms with Crippen LogP contribution in [0.1, 0.15) is 46.5 Å². The van der Waals surface area contributed by atoms with Crippen molar-refractivity contribution < 1.29 is 19.4 Å². The Kier molecular flexibility index (Phi) is 3.58. The number of hydrogen-bond donors (Lipinski definition) is 1.